The highest BCUT2D eigenvalue weighted by Gasteiger charge is 2.34. The Morgan fingerprint density at radius 3 is 2.27 bits per heavy atom. The van der Waals surface area contributed by atoms with Crippen LogP contribution in [0.5, 0.6) is 0 Å². The summed E-state index contributed by atoms with van der Waals surface area (Å²) >= 11 is 6.27. The number of hydrogen-bond donors (Lipinski definition) is 2. The molecule has 0 heterocycles. The molecule has 0 aromatic heterocycles. The fourth-order valence-corrected chi connectivity index (χ4v) is 1.63. The topological polar surface area (TPSA) is 40.5 Å². The molecule has 1 aromatic rings. The zero-order chi connectivity index (χ0) is 11.5. The minimum atomic E-state index is -0.882. The number of aliphatic hydroxyl groups excluding tert-OH is 2. The molecule has 0 saturated heterocycles. The predicted molar refractivity (Wildman–Crippen MR) is 60.2 cm³/mol. The van der Waals surface area contributed by atoms with Crippen molar-refractivity contribution in [1.82, 2.24) is 0 Å². The Morgan fingerprint density at radius 1 is 1.27 bits per heavy atom. The number of quaternary nitrogens is 1. The van der Waals surface area contributed by atoms with E-state index in [0.717, 1.165) is 5.56 Å². The van der Waals surface area contributed by atoms with Crippen LogP contribution in [-0.4, -0.2) is 41.6 Å². The summed E-state index contributed by atoms with van der Waals surface area (Å²) in [7, 11) is 3.57. The van der Waals surface area contributed by atoms with E-state index < -0.39 is 6.23 Å². The van der Waals surface area contributed by atoms with Gasteiger partial charge < -0.3 is 10.2 Å². The van der Waals surface area contributed by atoms with Crippen LogP contribution in [0, 0.1) is 0 Å². The van der Waals surface area contributed by atoms with Crippen molar-refractivity contribution in [3.05, 3.63) is 35.9 Å². The van der Waals surface area contributed by atoms with Gasteiger partial charge in [-0.15, -0.1) is 0 Å². The van der Waals surface area contributed by atoms with Crippen LogP contribution in [0.3, 0.4) is 0 Å². The fourth-order valence-electron chi connectivity index (χ4n) is 1.36. The summed E-state index contributed by atoms with van der Waals surface area (Å²) in [5, 5.41) is 18.6. The van der Waals surface area contributed by atoms with Gasteiger partial charge in [0.25, 0.3) is 0 Å². The van der Waals surface area contributed by atoms with Gasteiger partial charge in [0.05, 0.1) is 14.1 Å². The maximum absolute atomic E-state index is 9.66. The van der Waals surface area contributed by atoms with Crippen LogP contribution in [0.15, 0.2) is 30.3 Å². The quantitative estimate of drug-likeness (QED) is 0.355. The summed E-state index contributed by atoms with van der Waals surface area (Å²) in [4.78, 5) is 0. The Kier molecular flexibility index (Phi) is 4.11. The molecule has 2 N–H and O–H groups in total. The van der Waals surface area contributed by atoms with Gasteiger partial charge in [-0.05, 0) is 0 Å². The monoisotopic (exact) mass is 230 g/mol. The Hall–Kier alpha value is -0.610. The third kappa shape index (κ3) is 2.69. The molecule has 84 valence electrons. The average Bonchev–Trinajstić information content (AvgIpc) is 2.28. The van der Waals surface area contributed by atoms with E-state index in [1.807, 2.05) is 30.3 Å². The highest BCUT2D eigenvalue weighted by molar-refractivity contribution is 6.19. The number of aliphatic hydroxyl groups is 2. The van der Waals surface area contributed by atoms with Crippen molar-refractivity contribution in [3.63, 3.8) is 0 Å². The minimum Gasteiger partial charge on any atom is -0.387 e. The van der Waals surface area contributed by atoms with Gasteiger partial charge in [0.2, 0.25) is 6.23 Å². The van der Waals surface area contributed by atoms with Gasteiger partial charge in [0.1, 0.15) is 6.61 Å². The van der Waals surface area contributed by atoms with Crippen LogP contribution >= 0.6 is 11.6 Å². The highest BCUT2D eigenvalue weighted by Crippen LogP contribution is 2.30. The van der Waals surface area contributed by atoms with Crippen molar-refractivity contribution in [2.75, 3.05) is 20.7 Å². The van der Waals surface area contributed by atoms with Gasteiger partial charge in [0, 0.05) is 5.56 Å². The van der Waals surface area contributed by atoms with Crippen LogP contribution in [0.25, 0.3) is 0 Å². The van der Waals surface area contributed by atoms with Crippen LogP contribution in [-0.2, 0) is 0 Å². The molecule has 3 nitrogen and oxygen atoms in total. The van der Waals surface area contributed by atoms with Crippen molar-refractivity contribution >= 4 is 11.6 Å². The Labute approximate surface area is 95.1 Å². The van der Waals surface area contributed by atoms with Gasteiger partial charge in [-0.2, -0.15) is 0 Å². The second kappa shape index (κ2) is 4.94. The first-order chi connectivity index (χ1) is 7.00. The number of alkyl halides is 1. The molecule has 0 bridgehead atoms. The summed E-state index contributed by atoms with van der Waals surface area (Å²) in [5.74, 6) is 0. The van der Waals surface area contributed by atoms with Crippen LogP contribution in [0.4, 0.5) is 0 Å². The number of likely N-dealkylation sites (N-methyl/N-ethyl adjacent to an activating group) is 1. The van der Waals surface area contributed by atoms with Crippen LogP contribution < -0.4 is 0 Å². The first kappa shape index (κ1) is 12.5. The molecule has 15 heavy (non-hydrogen) atoms. The van der Waals surface area contributed by atoms with E-state index in [9.17, 15) is 5.11 Å². The summed E-state index contributed by atoms with van der Waals surface area (Å²) in [6, 6.07) is 9.52. The summed E-state index contributed by atoms with van der Waals surface area (Å²) in [5.41, 5.74) is 0.546. The lowest BCUT2D eigenvalue weighted by molar-refractivity contribution is -0.953. The normalized spacial score (nSPS) is 16.1. The molecule has 0 fully saturated rings. The van der Waals surface area contributed by atoms with E-state index in [1.54, 1.807) is 14.1 Å². The molecule has 1 rings (SSSR count). The average molecular weight is 231 g/mol. The maximum atomic E-state index is 9.66. The second-order valence-corrected chi connectivity index (χ2v) is 4.45. The third-order valence-electron chi connectivity index (χ3n) is 2.59. The van der Waals surface area contributed by atoms with E-state index in [1.165, 1.54) is 0 Å². The first-order valence-corrected chi connectivity index (χ1v) is 5.25. The summed E-state index contributed by atoms with van der Waals surface area (Å²) < 4.78 is 0.127. The molecule has 0 saturated carbocycles. The predicted octanol–water partition coefficient (Wildman–Crippen LogP) is 1.31. The Bertz CT molecular complexity index is 303. The van der Waals surface area contributed by atoms with Crippen molar-refractivity contribution < 1.29 is 14.7 Å². The number of halogens is 1. The lowest BCUT2D eigenvalue weighted by Crippen LogP contribution is -2.51. The lowest BCUT2D eigenvalue weighted by atomic mass is 10.2. The number of benzene rings is 1. The van der Waals surface area contributed by atoms with Gasteiger partial charge >= 0.3 is 0 Å². The molecule has 2 atom stereocenters. The molecule has 0 spiro atoms. The Morgan fingerprint density at radius 2 is 1.80 bits per heavy atom. The van der Waals surface area contributed by atoms with Crippen LogP contribution in [0.2, 0.25) is 0 Å². The minimum absolute atomic E-state index is 0.127. The smallest absolute Gasteiger partial charge is 0.215 e. The summed E-state index contributed by atoms with van der Waals surface area (Å²) in [6.45, 7) is -0.303. The number of nitrogens with zero attached hydrogens (tertiary/aromatic N) is 1. The molecule has 0 aliphatic rings. The van der Waals surface area contributed by atoms with E-state index in [4.69, 9.17) is 16.7 Å². The molecule has 0 radical (unpaired) electrons. The Balaban J connectivity index is 2.89. The van der Waals surface area contributed by atoms with Gasteiger partial charge in [0.15, 0.2) is 5.50 Å². The number of hydrogen-bond acceptors (Lipinski definition) is 2. The van der Waals surface area contributed by atoms with Gasteiger partial charge in [-0.1, -0.05) is 41.9 Å². The van der Waals surface area contributed by atoms with Gasteiger partial charge in [-0.3, -0.25) is 4.48 Å². The van der Waals surface area contributed by atoms with Crippen molar-refractivity contribution in [2.45, 2.75) is 11.7 Å². The third-order valence-corrected chi connectivity index (χ3v) is 3.35. The molecule has 0 aliphatic carbocycles. The molecular weight excluding hydrogens is 214 g/mol. The first-order valence-electron chi connectivity index (χ1n) is 4.81. The number of rotatable bonds is 4. The van der Waals surface area contributed by atoms with Gasteiger partial charge in [-0.25, -0.2) is 0 Å². The highest BCUT2D eigenvalue weighted by atomic mass is 35.5. The standard InChI is InChI=1S/C11H17ClNO2/c1-13(2,10(15)8-14)11(12)9-6-4-3-5-7-9/h3-7,10-11,14-15H,8H2,1-2H3/q+1. The maximum Gasteiger partial charge on any atom is 0.215 e. The molecule has 0 aliphatic heterocycles. The van der Waals surface area contributed by atoms with E-state index >= 15 is 0 Å². The molecular formula is C11H17ClNO2+. The van der Waals surface area contributed by atoms with E-state index in [2.05, 4.69) is 0 Å². The van der Waals surface area contributed by atoms with E-state index in [-0.39, 0.29) is 16.6 Å². The zero-order valence-corrected chi connectivity index (χ0v) is 9.72. The molecule has 0 amide bonds. The molecule has 4 heteroatoms. The van der Waals surface area contributed by atoms with Crippen molar-refractivity contribution in [1.29, 1.82) is 0 Å². The largest absolute Gasteiger partial charge is 0.387 e. The summed E-state index contributed by atoms with van der Waals surface area (Å²) in [6.07, 6.45) is -0.882. The van der Waals surface area contributed by atoms with Crippen LogP contribution in [0.1, 0.15) is 11.1 Å². The van der Waals surface area contributed by atoms with Crippen molar-refractivity contribution in [2.24, 2.45) is 0 Å². The van der Waals surface area contributed by atoms with E-state index in [0.29, 0.717) is 0 Å². The fraction of sp³-hybridized carbons (Fsp3) is 0.455. The molecule has 2 unspecified atom stereocenters. The second-order valence-electron chi connectivity index (χ2n) is 4.04. The lowest BCUT2D eigenvalue weighted by Gasteiger charge is -2.37. The van der Waals surface area contributed by atoms with Crippen molar-refractivity contribution in [3.8, 4) is 0 Å². The SMILES string of the molecule is C[N+](C)(C(O)CO)C(Cl)c1ccccc1. The zero-order valence-electron chi connectivity index (χ0n) is 8.97. The molecule has 1 aromatic carbocycles.